The van der Waals surface area contributed by atoms with Crippen LogP contribution in [0.25, 0.3) is 11.3 Å². The van der Waals surface area contributed by atoms with Crippen LogP contribution in [0.1, 0.15) is 21.6 Å². The zero-order valence-electron chi connectivity index (χ0n) is 13.3. The van der Waals surface area contributed by atoms with E-state index >= 15 is 0 Å². The average Bonchev–Trinajstić information content (AvgIpc) is 3.14. The summed E-state index contributed by atoms with van der Waals surface area (Å²) in [7, 11) is 1.33. The second-order valence-corrected chi connectivity index (χ2v) is 6.23. The standard InChI is InChI=1S/C16H13F3N4OS/c1-9-5-3-4-6-10(9)12-8-25-15(20-12)21-14(24)11-7-23(2)22-13(11)16(17,18)19/h3-8H,1-2H3,(H,20,21,24). The number of alkyl halides is 3. The minimum Gasteiger partial charge on any atom is -0.298 e. The van der Waals surface area contributed by atoms with Gasteiger partial charge in [-0.25, -0.2) is 4.98 Å². The number of carbonyl (C=O) groups excluding carboxylic acids is 1. The van der Waals surface area contributed by atoms with Crippen LogP contribution in [-0.4, -0.2) is 20.7 Å². The Balaban J connectivity index is 1.85. The van der Waals surface area contributed by atoms with E-state index in [9.17, 15) is 18.0 Å². The molecule has 9 heteroatoms. The molecule has 0 bridgehead atoms. The monoisotopic (exact) mass is 366 g/mol. The molecule has 0 aliphatic carbocycles. The van der Waals surface area contributed by atoms with E-state index in [4.69, 9.17) is 0 Å². The van der Waals surface area contributed by atoms with Gasteiger partial charge in [-0.05, 0) is 12.5 Å². The largest absolute Gasteiger partial charge is 0.435 e. The van der Waals surface area contributed by atoms with Gasteiger partial charge in [0.25, 0.3) is 5.91 Å². The normalized spacial score (nSPS) is 11.6. The van der Waals surface area contributed by atoms with Crippen LogP contribution in [0, 0.1) is 6.92 Å². The molecule has 3 aromatic rings. The van der Waals surface area contributed by atoms with Crippen LogP contribution in [0.2, 0.25) is 0 Å². The Kier molecular flexibility index (Phi) is 4.34. The van der Waals surface area contributed by atoms with Crippen molar-refractivity contribution < 1.29 is 18.0 Å². The van der Waals surface area contributed by atoms with Crippen LogP contribution >= 0.6 is 11.3 Å². The first-order valence-corrected chi connectivity index (χ1v) is 8.07. The molecule has 0 atom stereocenters. The van der Waals surface area contributed by atoms with E-state index < -0.39 is 23.3 Å². The van der Waals surface area contributed by atoms with Gasteiger partial charge < -0.3 is 0 Å². The summed E-state index contributed by atoms with van der Waals surface area (Å²) in [6.07, 6.45) is -3.67. The predicted octanol–water partition coefficient (Wildman–Crippen LogP) is 4.12. The highest BCUT2D eigenvalue weighted by Crippen LogP contribution is 2.32. The number of hydrogen-bond acceptors (Lipinski definition) is 4. The number of carbonyl (C=O) groups is 1. The van der Waals surface area contributed by atoms with Crippen molar-refractivity contribution in [1.82, 2.24) is 14.8 Å². The molecule has 0 radical (unpaired) electrons. The Morgan fingerprint density at radius 1 is 1.28 bits per heavy atom. The lowest BCUT2D eigenvalue weighted by molar-refractivity contribution is -0.141. The van der Waals surface area contributed by atoms with Crippen molar-refractivity contribution in [1.29, 1.82) is 0 Å². The summed E-state index contributed by atoms with van der Waals surface area (Å²) in [5.74, 6) is -0.897. The highest BCUT2D eigenvalue weighted by atomic mass is 32.1. The molecule has 130 valence electrons. The van der Waals surface area contributed by atoms with Gasteiger partial charge in [0.1, 0.15) is 0 Å². The van der Waals surface area contributed by atoms with Crippen molar-refractivity contribution in [3.8, 4) is 11.3 Å². The maximum atomic E-state index is 13.0. The Labute approximate surface area is 145 Å². The summed E-state index contributed by atoms with van der Waals surface area (Å²) in [6.45, 7) is 1.93. The summed E-state index contributed by atoms with van der Waals surface area (Å²) < 4.78 is 39.8. The number of amides is 1. The number of benzene rings is 1. The van der Waals surface area contributed by atoms with Gasteiger partial charge in [0.05, 0.1) is 11.3 Å². The number of anilines is 1. The van der Waals surface area contributed by atoms with Gasteiger partial charge in [0.15, 0.2) is 10.8 Å². The summed E-state index contributed by atoms with van der Waals surface area (Å²) in [4.78, 5) is 16.5. The van der Waals surface area contributed by atoms with Gasteiger partial charge in [0.2, 0.25) is 0 Å². The van der Waals surface area contributed by atoms with Crippen LogP contribution in [0.4, 0.5) is 18.3 Å². The molecular formula is C16H13F3N4OS. The van der Waals surface area contributed by atoms with E-state index in [1.54, 1.807) is 5.38 Å². The maximum absolute atomic E-state index is 13.0. The van der Waals surface area contributed by atoms with Crippen LogP contribution < -0.4 is 5.32 Å². The molecule has 0 saturated heterocycles. The molecule has 0 aliphatic heterocycles. The molecule has 0 saturated carbocycles. The van der Waals surface area contributed by atoms with E-state index in [1.165, 1.54) is 7.05 Å². The molecule has 5 nitrogen and oxygen atoms in total. The molecule has 0 unspecified atom stereocenters. The summed E-state index contributed by atoms with van der Waals surface area (Å²) in [5, 5.41) is 7.70. The minimum absolute atomic E-state index is 0.222. The first kappa shape index (κ1) is 17.2. The lowest BCUT2D eigenvalue weighted by Gasteiger charge is -2.05. The second-order valence-electron chi connectivity index (χ2n) is 5.37. The van der Waals surface area contributed by atoms with E-state index in [0.29, 0.717) is 5.69 Å². The van der Waals surface area contributed by atoms with Crippen molar-refractivity contribution in [3.05, 3.63) is 52.7 Å². The molecule has 1 amide bonds. The number of hydrogen-bond donors (Lipinski definition) is 1. The van der Waals surface area contributed by atoms with Crippen LogP contribution in [0.5, 0.6) is 0 Å². The van der Waals surface area contributed by atoms with E-state index in [1.807, 2.05) is 31.2 Å². The molecule has 1 aromatic carbocycles. The molecule has 0 spiro atoms. The van der Waals surface area contributed by atoms with Crippen LogP contribution in [-0.2, 0) is 13.2 Å². The Hall–Kier alpha value is -2.68. The number of aromatic nitrogens is 3. The van der Waals surface area contributed by atoms with Crippen molar-refractivity contribution in [2.24, 2.45) is 7.05 Å². The average molecular weight is 366 g/mol. The third-order valence-corrected chi connectivity index (χ3v) is 4.25. The molecule has 0 fully saturated rings. The Bertz CT molecular complexity index is 930. The van der Waals surface area contributed by atoms with Crippen molar-refractivity contribution >= 4 is 22.4 Å². The van der Waals surface area contributed by atoms with Gasteiger partial charge in [-0.2, -0.15) is 18.3 Å². The number of rotatable bonds is 3. The smallest absolute Gasteiger partial charge is 0.298 e. The Morgan fingerprint density at radius 2 is 2.00 bits per heavy atom. The van der Waals surface area contributed by atoms with Gasteiger partial charge in [-0.15, -0.1) is 11.3 Å². The molecule has 2 heterocycles. The zero-order chi connectivity index (χ0) is 18.2. The topological polar surface area (TPSA) is 59.8 Å². The fraction of sp³-hybridized carbons (Fsp3) is 0.188. The number of nitrogens with zero attached hydrogens (tertiary/aromatic N) is 3. The molecule has 0 aliphatic rings. The van der Waals surface area contributed by atoms with E-state index in [0.717, 1.165) is 33.3 Å². The number of thiazole rings is 1. The number of nitrogens with one attached hydrogen (secondary N) is 1. The lowest BCUT2D eigenvalue weighted by atomic mass is 10.1. The Morgan fingerprint density at radius 3 is 2.68 bits per heavy atom. The molecule has 2 aromatic heterocycles. The molecule has 25 heavy (non-hydrogen) atoms. The van der Waals surface area contributed by atoms with Crippen molar-refractivity contribution in [2.75, 3.05) is 5.32 Å². The van der Waals surface area contributed by atoms with Crippen LogP contribution in [0.3, 0.4) is 0 Å². The summed E-state index contributed by atoms with van der Waals surface area (Å²) in [6, 6.07) is 7.58. The van der Waals surface area contributed by atoms with Crippen molar-refractivity contribution in [3.63, 3.8) is 0 Å². The van der Waals surface area contributed by atoms with E-state index in [-0.39, 0.29) is 5.13 Å². The van der Waals surface area contributed by atoms with E-state index in [2.05, 4.69) is 15.4 Å². The van der Waals surface area contributed by atoms with Gasteiger partial charge in [-0.3, -0.25) is 14.8 Å². The van der Waals surface area contributed by atoms with Gasteiger partial charge in [-0.1, -0.05) is 24.3 Å². The second kappa shape index (κ2) is 6.32. The number of aryl methyl sites for hydroxylation is 2. The molecular weight excluding hydrogens is 353 g/mol. The minimum atomic E-state index is -4.71. The predicted molar refractivity (Wildman–Crippen MR) is 88.5 cm³/mol. The SMILES string of the molecule is Cc1ccccc1-c1csc(NC(=O)c2cn(C)nc2C(F)(F)F)n1. The summed E-state index contributed by atoms with van der Waals surface area (Å²) >= 11 is 1.14. The van der Waals surface area contributed by atoms with Gasteiger partial charge in [0, 0.05) is 24.2 Å². The zero-order valence-corrected chi connectivity index (χ0v) is 14.1. The fourth-order valence-electron chi connectivity index (χ4n) is 2.34. The lowest BCUT2D eigenvalue weighted by Crippen LogP contribution is -2.17. The molecule has 1 N–H and O–H groups in total. The summed E-state index contributed by atoms with van der Waals surface area (Å²) in [5.41, 5.74) is 0.806. The maximum Gasteiger partial charge on any atom is 0.435 e. The third-order valence-electron chi connectivity index (χ3n) is 3.49. The number of halogens is 3. The fourth-order valence-corrected chi connectivity index (χ4v) is 3.05. The highest BCUT2D eigenvalue weighted by molar-refractivity contribution is 7.14. The van der Waals surface area contributed by atoms with Gasteiger partial charge >= 0.3 is 6.18 Å². The quantitative estimate of drug-likeness (QED) is 0.758. The highest BCUT2D eigenvalue weighted by Gasteiger charge is 2.39. The third kappa shape index (κ3) is 3.55. The van der Waals surface area contributed by atoms with Crippen molar-refractivity contribution in [2.45, 2.75) is 13.1 Å². The van der Waals surface area contributed by atoms with Crippen LogP contribution in [0.15, 0.2) is 35.8 Å². The first-order chi connectivity index (χ1) is 11.8. The first-order valence-electron chi connectivity index (χ1n) is 7.19. The molecule has 3 rings (SSSR count).